The maximum Gasteiger partial charge on any atom is 0.337 e. The quantitative estimate of drug-likeness (QED) is 0.921. The van der Waals surface area contributed by atoms with E-state index in [1.54, 1.807) is 12.3 Å². The Hall–Kier alpha value is -1.23. The molecule has 1 aliphatic carbocycles. The van der Waals surface area contributed by atoms with Gasteiger partial charge in [0.2, 0.25) is 0 Å². The molecule has 5 heteroatoms. The zero-order valence-corrected chi connectivity index (χ0v) is 11.9. The van der Waals surface area contributed by atoms with Crippen molar-refractivity contribution >= 4 is 16.8 Å². The van der Waals surface area contributed by atoms with Crippen LogP contribution in [0.25, 0.3) is 0 Å². The molecule has 1 fully saturated rings. The molecule has 1 N–H and O–H groups in total. The molecule has 4 nitrogen and oxygen atoms in total. The third-order valence-corrected chi connectivity index (χ3v) is 5.39. The van der Waals surface area contributed by atoms with Crippen molar-refractivity contribution in [3.8, 4) is 0 Å². The molecule has 1 heterocycles. The Balaban J connectivity index is 2.08. The Kier molecular flexibility index (Phi) is 4.69. The summed E-state index contributed by atoms with van der Waals surface area (Å²) in [5.74, 6) is -0.137. The Bertz CT molecular complexity index is 489. The van der Waals surface area contributed by atoms with E-state index < -0.39 is 16.8 Å². The number of pyridine rings is 1. The second-order valence-electron chi connectivity index (χ2n) is 5.22. The summed E-state index contributed by atoms with van der Waals surface area (Å²) in [6, 6.07) is 3.11. The van der Waals surface area contributed by atoms with E-state index in [1.165, 1.54) is 12.5 Å². The standard InChI is InChI=1S/C14H19NO3S/c1-10-4-2-5-11(8-10)19(18)9-13-12(14(16)17)6-3-7-15-13/h3,6-7,10-11H,2,4-5,8-9H2,1H3,(H,16,17). The van der Waals surface area contributed by atoms with E-state index >= 15 is 0 Å². The molecule has 0 spiro atoms. The summed E-state index contributed by atoms with van der Waals surface area (Å²) in [5.41, 5.74) is 0.603. The highest BCUT2D eigenvalue weighted by Gasteiger charge is 2.25. The van der Waals surface area contributed by atoms with E-state index in [0.717, 1.165) is 19.3 Å². The van der Waals surface area contributed by atoms with Gasteiger partial charge in [0, 0.05) is 22.2 Å². The van der Waals surface area contributed by atoms with Gasteiger partial charge in [-0.3, -0.25) is 9.19 Å². The molecule has 0 bridgehead atoms. The molecule has 0 aromatic carbocycles. The van der Waals surface area contributed by atoms with Gasteiger partial charge in [-0.25, -0.2) is 4.79 Å². The fourth-order valence-electron chi connectivity index (χ4n) is 2.62. The molecule has 104 valence electrons. The Labute approximate surface area is 115 Å². The van der Waals surface area contributed by atoms with E-state index in [1.807, 2.05) is 0 Å². The topological polar surface area (TPSA) is 67.3 Å². The first-order valence-corrected chi connectivity index (χ1v) is 8.00. The zero-order chi connectivity index (χ0) is 13.8. The molecule has 0 amide bonds. The molecular formula is C14H19NO3S. The normalized spacial score (nSPS) is 24.9. The fourth-order valence-corrected chi connectivity index (χ4v) is 4.33. The molecule has 0 saturated heterocycles. The molecule has 3 unspecified atom stereocenters. The van der Waals surface area contributed by atoms with Crippen molar-refractivity contribution in [3.63, 3.8) is 0 Å². The van der Waals surface area contributed by atoms with Crippen LogP contribution in [0.15, 0.2) is 18.3 Å². The Morgan fingerprint density at radius 2 is 2.32 bits per heavy atom. The van der Waals surface area contributed by atoms with Gasteiger partial charge in [-0.15, -0.1) is 0 Å². The number of carboxylic acids is 1. The van der Waals surface area contributed by atoms with Crippen LogP contribution in [0.5, 0.6) is 0 Å². The molecule has 0 aliphatic heterocycles. The van der Waals surface area contributed by atoms with Crippen molar-refractivity contribution in [2.75, 3.05) is 0 Å². The van der Waals surface area contributed by atoms with Crippen LogP contribution in [0.4, 0.5) is 0 Å². The molecule has 1 aromatic rings. The average Bonchev–Trinajstić information content (AvgIpc) is 2.39. The maximum atomic E-state index is 12.4. The molecule has 2 rings (SSSR count). The SMILES string of the molecule is CC1CCCC(S(=O)Cc2ncccc2C(=O)O)C1. The number of hydrogen-bond acceptors (Lipinski definition) is 3. The summed E-state index contributed by atoms with van der Waals surface area (Å²) in [7, 11) is -1.03. The molecule has 0 radical (unpaired) electrons. The smallest absolute Gasteiger partial charge is 0.337 e. The van der Waals surface area contributed by atoms with Crippen molar-refractivity contribution < 1.29 is 14.1 Å². The average molecular weight is 281 g/mol. The van der Waals surface area contributed by atoms with Gasteiger partial charge in [0.1, 0.15) is 0 Å². The molecule has 1 saturated carbocycles. The Morgan fingerprint density at radius 1 is 1.53 bits per heavy atom. The first kappa shape index (κ1) is 14.2. The largest absolute Gasteiger partial charge is 0.478 e. The third kappa shape index (κ3) is 3.62. The minimum atomic E-state index is -1.03. The van der Waals surface area contributed by atoms with Gasteiger partial charge >= 0.3 is 5.97 Å². The van der Waals surface area contributed by atoms with Crippen molar-refractivity contribution in [1.29, 1.82) is 0 Å². The lowest BCUT2D eigenvalue weighted by atomic mass is 9.91. The van der Waals surface area contributed by atoms with Gasteiger partial charge in [0.25, 0.3) is 0 Å². The van der Waals surface area contributed by atoms with Crippen molar-refractivity contribution in [1.82, 2.24) is 4.98 Å². The number of nitrogens with zero attached hydrogens (tertiary/aromatic N) is 1. The van der Waals surface area contributed by atoms with Crippen LogP contribution in [-0.4, -0.2) is 25.5 Å². The van der Waals surface area contributed by atoms with Crippen molar-refractivity contribution in [2.24, 2.45) is 5.92 Å². The van der Waals surface area contributed by atoms with E-state index in [4.69, 9.17) is 5.11 Å². The highest BCUT2D eigenvalue weighted by molar-refractivity contribution is 7.84. The molecule has 3 atom stereocenters. The van der Waals surface area contributed by atoms with Crippen molar-refractivity contribution in [3.05, 3.63) is 29.6 Å². The first-order chi connectivity index (χ1) is 9.08. The summed E-state index contributed by atoms with van der Waals surface area (Å²) < 4.78 is 12.4. The molecule has 19 heavy (non-hydrogen) atoms. The lowest BCUT2D eigenvalue weighted by Crippen LogP contribution is -2.24. The van der Waals surface area contributed by atoms with Crippen LogP contribution in [0.3, 0.4) is 0 Å². The van der Waals surface area contributed by atoms with Gasteiger partial charge in [0.05, 0.1) is 17.0 Å². The lowest BCUT2D eigenvalue weighted by Gasteiger charge is -2.26. The van der Waals surface area contributed by atoms with Gasteiger partial charge in [-0.05, 0) is 30.9 Å². The lowest BCUT2D eigenvalue weighted by molar-refractivity contribution is 0.0695. The highest BCUT2D eigenvalue weighted by Crippen LogP contribution is 2.28. The fraction of sp³-hybridized carbons (Fsp3) is 0.571. The van der Waals surface area contributed by atoms with Crippen LogP contribution in [0, 0.1) is 5.92 Å². The van der Waals surface area contributed by atoms with E-state index in [9.17, 15) is 9.00 Å². The summed E-state index contributed by atoms with van der Waals surface area (Å²) >= 11 is 0. The maximum absolute atomic E-state index is 12.4. The van der Waals surface area contributed by atoms with Crippen molar-refractivity contribution in [2.45, 2.75) is 43.6 Å². The first-order valence-electron chi connectivity index (χ1n) is 6.62. The predicted octanol–water partition coefficient (Wildman–Crippen LogP) is 2.61. The number of aromatic nitrogens is 1. The van der Waals surface area contributed by atoms with E-state index in [2.05, 4.69) is 11.9 Å². The Morgan fingerprint density at radius 3 is 3.00 bits per heavy atom. The van der Waals surface area contributed by atoms with Crippen LogP contribution >= 0.6 is 0 Å². The van der Waals surface area contributed by atoms with Gasteiger partial charge < -0.3 is 5.11 Å². The summed E-state index contributed by atoms with van der Waals surface area (Å²) in [5, 5.41) is 9.28. The van der Waals surface area contributed by atoms with Gasteiger partial charge in [-0.1, -0.05) is 19.8 Å². The van der Waals surface area contributed by atoms with Crippen LogP contribution in [0.2, 0.25) is 0 Å². The minimum absolute atomic E-state index is 0.166. The van der Waals surface area contributed by atoms with Gasteiger partial charge in [-0.2, -0.15) is 0 Å². The van der Waals surface area contributed by atoms with Crippen LogP contribution < -0.4 is 0 Å². The van der Waals surface area contributed by atoms with Gasteiger partial charge in [0.15, 0.2) is 0 Å². The number of rotatable bonds is 4. The number of hydrogen-bond donors (Lipinski definition) is 1. The number of carbonyl (C=O) groups is 1. The third-order valence-electron chi connectivity index (χ3n) is 3.66. The number of carboxylic acid groups (broad SMARTS) is 1. The predicted molar refractivity (Wildman–Crippen MR) is 74.5 cm³/mol. The van der Waals surface area contributed by atoms with Crippen LogP contribution in [-0.2, 0) is 16.6 Å². The molecule has 1 aromatic heterocycles. The zero-order valence-electron chi connectivity index (χ0n) is 11.0. The van der Waals surface area contributed by atoms with E-state index in [-0.39, 0.29) is 16.6 Å². The van der Waals surface area contributed by atoms with E-state index in [0.29, 0.717) is 11.6 Å². The second kappa shape index (κ2) is 6.28. The summed E-state index contributed by atoms with van der Waals surface area (Å²) in [6.07, 6.45) is 5.83. The molecular weight excluding hydrogens is 262 g/mol. The number of aromatic carboxylic acids is 1. The highest BCUT2D eigenvalue weighted by atomic mass is 32.2. The minimum Gasteiger partial charge on any atom is -0.478 e. The van der Waals surface area contributed by atoms with Crippen LogP contribution in [0.1, 0.15) is 48.7 Å². The summed E-state index contributed by atoms with van der Waals surface area (Å²) in [6.45, 7) is 2.19. The monoisotopic (exact) mass is 281 g/mol. The summed E-state index contributed by atoms with van der Waals surface area (Å²) in [4.78, 5) is 15.2. The second-order valence-corrected chi connectivity index (χ2v) is 6.94. The molecule has 1 aliphatic rings.